The SMILES string of the molecule is CC1(C)CC(=O)C2=C(C1)Nc1ccccc1N(CC(=O)Oc1ccc([N+](=O)[O-])cc1)C2c1ccc(F)cc1. The summed E-state index contributed by atoms with van der Waals surface area (Å²) in [6, 6.07) is 17.9. The molecule has 1 heterocycles. The molecule has 1 N–H and O–H groups in total. The van der Waals surface area contributed by atoms with Crippen LogP contribution in [0.5, 0.6) is 5.75 Å². The molecule has 1 unspecified atom stereocenters. The number of anilines is 2. The van der Waals surface area contributed by atoms with Crippen molar-refractivity contribution in [1.29, 1.82) is 0 Å². The Bertz CT molecular complexity index is 1450. The van der Waals surface area contributed by atoms with Gasteiger partial charge in [-0.1, -0.05) is 38.1 Å². The van der Waals surface area contributed by atoms with Crippen molar-refractivity contribution in [3.8, 4) is 5.75 Å². The fourth-order valence-electron chi connectivity index (χ4n) is 5.16. The second-order valence-corrected chi connectivity index (χ2v) is 10.3. The molecule has 5 rings (SSSR count). The quantitative estimate of drug-likeness (QED) is 0.194. The fraction of sp³-hybridized carbons (Fsp3) is 0.241. The van der Waals surface area contributed by atoms with Gasteiger partial charge in [0.1, 0.15) is 18.1 Å². The number of fused-ring (bicyclic) bond motifs is 1. The number of nitrogens with zero attached hydrogens (tertiary/aromatic N) is 2. The number of nitrogens with one attached hydrogen (secondary N) is 1. The number of benzene rings is 3. The Labute approximate surface area is 218 Å². The van der Waals surface area contributed by atoms with Gasteiger partial charge in [-0.25, -0.2) is 9.18 Å². The largest absolute Gasteiger partial charge is 0.425 e. The number of allylic oxidation sites excluding steroid dienone is 1. The van der Waals surface area contributed by atoms with E-state index in [1.807, 2.05) is 38.1 Å². The molecular weight excluding hydrogens is 489 g/mol. The number of nitro benzene ring substituents is 1. The number of hydrogen-bond acceptors (Lipinski definition) is 7. The summed E-state index contributed by atoms with van der Waals surface area (Å²) >= 11 is 0. The van der Waals surface area contributed by atoms with Crippen molar-refractivity contribution in [1.82, 2.24) is 0 Å². The van der Waals surface area contributed by atoms with Crippen LogP contribution in [0, 0.1) is 21.3 Å². The van der Waals surface area contributed by atoms with Crippen LogP contribution in [0.2, 0.25) is 0 Å². The molecule has 0 aromatic heterocycles. The number of hydrogen-bond donors (Lipinski definition) is 1. The van der Waals surface area contributed by atoms with Gasteiger partial charge < -0.3 is 15.0 Å². The van der Waals surface area contributed by atoms with E-state index in [2.05, 4.69) is 5.32 Å². The normalized spacial score (nSPS) is 18.1. The van der Waals surface area contributed by atoms with E-state index in [1.165, 1.54) is 36.4 Å². The number of esters is 1. The van der Waals surface area contributed by atoms with Crippen molar-refractivity contribution in [2.24, 2.45) is 5.41 Å². The number of non-ortho nitro benzene ring substituents is 1. The van der Waals surface area contributed by atoms with Crippen molar-refractivity contribution < 1.29 is 23.6 Å². The van der Waals surface area contributed by atoms with E-state index in [0.717, 1.165) is 11.4 Å². The Kier molecular flexibility index (Phi) is 6.44. The summed E-state index contributed by atoms with van der Waals surface area (Å²) in [5.41, 5.74) is 3.02. The highest BCUT2D eigenvalue weighted by Crippen LogP contribution is 2.48. The van der Waals surface area contributed by atoms with Crippen molar-refractivity contribution in [2.75, 3.05) is 16.8 Å². The topological polar surface area (TPSA) is 102 Å². The first-order valence-electron chi connectivity index (χ1n) is 12.2. The molecule has 9 heteroatoms. The molecule has 3 aromatic rings. The van der Waals surface area contributed by atoms with Gasteiger partial charge in [0, 0.05) is 29.8 Å². The second-order valence-electron chi connectivity index (χ2n) is 10.3. The first-order valence-corrected chi connectivity index (χ1v) is 12.2. The number of nitro groups is 1. The molecule has 0 saturated heterocycles. The highest BCUT2D eigenvalue weighted by Gasteiger charge is 2.42. The summed E-state index contributed by atoms with van der Waals surface area (Å²) < 4.78 is 19.4. The molecule has 0 fully saturated rings. The number of para-hydroxylation sites is 2. The minimum absolute atomic E-state index is 0.0420. The molecule has 1 aliphatic heterocycles. The van der Waals surface area contributed by atoms with Crippen molar-refractivity contribution in [3.63, 3.8) is 0 Å². The standard InChI is InChI=1S/C29H26FN3O5/c1-29(2)15-23-27(25(34)16-29)28(18-7-9-19(30)10-8-18)32(24-6-4-3-5-22(24)31-23)17-26(35)38-21-13-11-20(12-14-21)33(36)37/h3-14,28,31H,15-17H2,1-2H3. The van der Waals surface area contributed by atoms with Crippen LogP contribution in [0.3, 0.4) is 0 Å². The number of halogens is 1. The zero-order valence-electron chi connectivity index (χ0n) is 20.9. The molecule has 1 aliphatic carbocycles. The monoisotopic (exact) mass is 515 g/mol. The predicted octanol–water partition coefficient (Wildman–Crippen LogP) is 5.96. The predicted molar refractivity (Wildman–Crippen MR) is 140 cm³/mol. The van der Waals surface area contributed by atoms with Gasteiger partial charge in [0.15, 0.2) is 5.78 Å². The molecule has 0 radical (unpaired) electrons. The number of rotatable bonds is 5. The highest BCUT2D eigenvalue weighted by molar-refractivity contribution is 6.01. The van der Waals surface area contributed by atoms with Crippen molar-refractivity contribution in [3.05, 3.63) is 106 Å². The van der Waals surface area contributed by atoms with Crippen LogP contribution >= 0.6 is 0 Å². The van der Waals surface area contributed by atoms with Gasteiger partial charge in [-0.2, -0.15) is 0 Å². The summed E-state index contributed by atoms with van der Waals surface area (Å²) in [5, 5.41) is 14.4. The van der Waals surface area contributed by atoms with Crippen molar-refractivity contribution >= 4 is 28.8 Å². The Hall–Kier alpha value is -4.53. The molecule has 3 aromatic carbocycles. The summed E-state index contributed by atoms with van der Waals surface area (Å²) in [4.78, 5) is 39.1. The second kappa shape index (κ2) is 9.74. The molecule has 8 nitrogen and oxygen atoms in total. The van der Waals surface area contributed by atoms with E-state index < -0.39 is 22.8 Å². The molecule has 0 amide bonds. The van der Waals surface area contributed by atoms with Gasteiger partial charge in [0.2, 0.25) is 0 Å². The molecule has 0 bridgehead atoms. The molecular formula is C29H26FN3O5. The third-order valence-electron chi connectivity index (χ3n) is 6.77. The zero-order chi connectivity index (χ0) is 27.0. The minimum Gasteiger partial charge on any atom is -0.425 e. The van der Waals surface area contributed by atoms with Crippen molar-refractivity contribution in [2.45, 2.75) is 32.7 Å². The van der Waals surface area contributed by atoms with Gasteiger partial charge in [-0.05, 0) is 53.8 Å². The van der Waals surface area contributed by atoms with Gasteiger partial charge in [0.05, 0.1) is 22.3 Å². The zero-order valence-corrected chi connectivity index (χ0v) is 20.9. The molecule has 0 saturated carbocycles. The number of Topliss-reactive ketones (excluding diaryl/α,β-unsaturated/α-hetero) is 1. The Morgan fingerprint density at radius 3 is 2.45 bits per heavy atom. The molecule has 2 aliphatic rings. The van der Waals surface area contributed by atoms with Gasteiger partial charge >= 0.3 is 5.97 Å². The third kappa shape index (κ3) is 5.00. The van der Waals surface area contributed by atoms with Crippen LogP contribution in [-0.2, 0) is 9.59 Å². The summed E-state index contributed by atoms with van der Waals surface area (Å²) in [6.45, 7) is 3.85. The van der Waals surface area contributed by atoms with Crippen LogP contribution in [0.1, 0.15) is 38.3 Å². The number of carbonyl (C=O) groups is 2. The average Bonchev–Trinajstić information content (AvgIpc) is 2.98. The molecule has 38 heavy (non-hydrogen) atoms. The van der Waals surface area contributed by atoms with Crippen LogP contribution < -0.4 is 15.0 Å². The maximum absolute atomic E-state index is 13.9. The van der Waals surface area contributed by atoms with Crippen LogP contribution in [0.15, 0.2) is 84.1 Å². The first kappa shape index (κ1) is 25.1. The van der Waals surface area contributed by atoms with E-state index in [1.54, 1.807) is 17.0 Å². The smallest absolute Gasteiger partial charge is 0.330 e. The lowest BCUT2D eigenvalue weighted by Gasteiger charge is -2.37. The number of carbonyl (C=O) groups excluding carboxylic acids is 2. The lowest BCUT2D eigenvalue weighted by Crippen LogP contribution is -2.39. The van der Waals surface area contributed by atoms with E-state index in [-0.39, 0.29) is 29.2 Å². The van der Waals surface area contributed by atoms with Crippen LogP contribution in [0.25, 0.3) is 0 Å². The lowest BCUT2D eigenvalue weighted by atomic mass is 9.73. The summed E-state index contributed by atoms with van der Waals surface area (Å²) in [6.07, 6.45) is 0.962. The maximum Gasteiger partial charge on any atom is 0.330 e. The van der Waals surface area contributed by atoms with E-state index >= 15 is 0 Å². The first-order chi connectivity index (χ1) is 18.1. The van der Waals surface area contributed by atoms with Gasteiger partial charge in [-0.15, -0.1) is 0 Å². The lowest BCUT2D eigenvalue weighted by molar-refractivity contribution is -0.384. The van der Waals surface area contributed by atoms with Gasteiger partial charge in [0.25, 0.3) is 5.69 Å². The molecule has 1 atom stereocenters. The van der Waals surface area contributed by atoms with E-state index in [9.17, 15) is 24.1 Å². The molecule has 194 valence electrons. The Morgan fingerprint density at radius 2 is 1.76 bits per heavy atom. The Balaban J connectivity index is 1.58. The van der Waals surface area contributed by atoms with Crippen LogP contribution in [0.4, 0.5) is 21.5 Å². The van der Waals surface area contributed by atoms with Gasteiger partial charge in [-0.3, -0.25) is 14.9 Å². The summed E-state index contributed by atoms with van der Waals surface area (Å²) in [7, 11) is 0. The van der Waals surface area contributed by atoms with Crippen LogP contribution in [-0.4, -0.2) is 23.2 Å². The average molecular weight is 516 g/mol. The fourth-order valence-corrected chi connectivity index (χ4v) is 5.16. The maximum atomic E-state index is 13.9. The highest BCUT2D eigenvalue weighted by atomic mass is 19.1. The van der Waals surface area contributed by atoms with E-state index in [0.29, 0.717) is 29.7 Å². The molecule has 0 spiro atoms. The van der Waals surface area contributed by atoms with E-state index in [4.69, 9.17) is 4.74 Å². The summed E-state index contributed by atoms with van der Waals surface area (Å²) in [5.74, 6) is -0.904. The number of ether oxygens (including phenoxy) is 1. The number of ketones is 1. The third-order valence-corrected chi connectivity index (χ3v) is 6.77. The minimum atomic E-state index is -0.672. The Morgan fingerprint density at radius 1 is 1.08 bits per heavy atom.